The fourth-order valence-electron chi connectivity index (χ4n) is 1.10. The van der Waals surface area contributed by atoms with E-state index in [1.54, 1.807) is 6.20 Å². The minimum absolute atomic E-state index is 0.445. The predicted molar refractivity (Wildman–Crippen MR) is 51.1 cm³/mol. The summed E-state index contributed by atoms with van der Waals surface area (Å²) in [6.45, 7) is 1.00. The molecule has 0 aromatic carbocycles. The maximum absolute atomic E-state index is 5.18. The van der Waals surface area contributed by atoms with Crippen LogP contribution in [0.4, 0.5) is 11.8 Å². The standard InChI is InChI=1S/C8H13N5/c9-13-8-10-4-3-7(12-8)11-5-6-1-2-6/h3-4,6H,1-2,5,9H2,(H2,10,11,12,13). The molecule has 0 unspecified atom stereocenters. The first-order valence-electron chi connectivity index (χ1n) is 4.42. The molecule has 0 radical (unpaired) electrons. The fraction of sp³-hybridized carbons (Fsp3) is 0.500. The molecular weight excluding hydrogens is 166 g/mol. The average Bonchev–Trinajstić information content (AvgIpc) is 2.99. The van der Waals surface area contributed by atoms with E-state index in [9.17, 15) is 0 Å². The van der Waals surface area contributed by atoms with Crippen LogP contribution >= 0.6 is 0 Å². The number of hydrogen-bond acceptors (Lipinski definition) is 5. The molecule has 0 amide bonds. The number of hydrazine groups is 1. The molecule has 1 aliphatic rings. The van der Waals surface area contributed by atoms with Crippen molar-refractivity contribution in [3.63, 3.8) is 0 Å². The van der Waals surface area contributed by atoms with E-state index in [1.165, 1.54) is 12.8 Å². The van der Waals surface area contributed by atoms with Crippen molar-refractivity contribution in [1.29, 1.82) is 0 Å². The Balaban J connectivity index is 1.93. The summed E-state index contributed by atoms with van der Waals surface area (Å²) in [6.07, 6.45) is 4.34. The molecule has 0 aliphatic heterocycles. The van der Waals surface area contributed by atoms with Gasteiger partial charge in [-0.25, -0.2) is 10.8 Å². The Morgan fingerprint density at radius 1 is 1.54 bits per heavy atom. The Labute approximate surface area is 76.7 Å². The number of anilines is 2. The molecule has 0 spiro atoms. The van der Waals surface area contributed by atoms with Crippen molar-refractivity contribution in [1.82, 2.24) is 9.97 Å². The van der Waals surface area contributed by atoms with E-state index in [4.69, 9.17) is 5.84 Å². The van der Waals surface area contributed by atoms with Crippen LogP contribution in [0.2, 0.25) is 0 Å². The van der Waals surface area contributed by atoms with Gasteiger partial charge in [0.1, 0.15) is 5.82 Å². The Morgan fingerprint density at radius 3 is 3.08 bits per heavy atom. The normalized spacial score (nSPS) is 15.5. The third-order valence-corrected chi connectivity index (χ3v) is 2.05. The second kappa shape index (κ2) is 3.57. The first-order valence-corrected chi connectivity index (χ1v) is 4.42. The molecule has 13 heavy (non-hydrogen) atoms. The Morgan fingerprint density at radius 2 is 2.38 bits per heavy atom. The highest BCUT2D eigenvalue weighted by Crippen LogP contribution is 2.28. The predicted octanol–water partition coefficient (Wildman–Crippen LogP) is 0.584. The largest absolute Gasteiger partial charge is 0.370 e. The lowest BCUT2D eigenvalue weighted by Gasteiger charge is -2.04. The molecule has 1 aromatic heterocycles. The van der Waals surface area contributed by atoms with Crippen LogP contribution in [0.1, 0.15) is 12.8 Å². The van der Waals surface area contributed by atoms with Gasteiger partial charge in [0, 0.05) is 12.7 Å². The van der Waals surface area contributed by atoms with Gasteiger partial charge in [-0.1, -0.05) is 0 Å². The molecule has 1 saturated carbocycles. The lowest BCUT2D eigenvalue weighted by atomic mass is 10.4. The summed E-state index contributed by atoms with van der Waals surface area (Å²) >= 11 is 0. The van der Waals surface area contributed by atoms with E-state index in [2.05, 4.69) is 20.7 Å². The highest BCUT2D eigenvalue weighted by atomic mass is 15.3. The molecule has 0 bridgehead atoms. The molecular formula is C8H13N5. The van der Waals surface area contributed by atoms with Gasteiger partial charge in [-0.05, 0) is 24.8 Å². The first-order chi connectivity index (χ1) is 6.38. The van der Waals surface area contributed by atoms with E-state index < -0.39 is 0 Å². The SMILES string of the molecule is NNc1nccc(NCC2CC2)n1. The molecule has 5 heteroatoms. The highest BCUT2D eigenvalue weighted by molar-refractivity contribution is 5.38. The lowest BCUT2D eigenvalue weighted by Crippen LogP contribution is -2.12. The van der Waals surface area contributed by atoms with Crippen molar-refractivity contribution >= 4 is 11.8 Å². The third-order valence-electron chi connectivity index (χ3n) is 2.05. The van der Waals surface area contributed by atoms with Crippen molar-refractivity contribution in [3.05, 3.63) is 12.3 Å². The molecule has 2 rings (SSSR count). The van der Waals surface area contributed by atoms with Gasteiger partial charge < -0.3 is 5.32 Å². The second-order valence-corrected chi connectivity index (χ2v) is 3.23. The highest BCUT2D eigenvalue weighted by Gasteiger charge is 2.20. The number of rotatable bonds is 4. The van der Waals surface area contributed by atoms with Crippen LogP contribution in [0.5, 0.6) is 0 Å². The summed E-state index contributed by atoms with van der Waals surface area (Å²) in [5, 5.41) is 3.23. The topological polar surface area (TPSA) is 75.9 Å². The van der Waals surface area contributed by atoms with E-state index in [0.29, 0.717) is 5.95 Å². The number of nitrogens with two attached hydrogens (primary N) is 1. The molecule has 0 atom stereocenters. The third kappa shape index (κ3) is 2.29. The first kappa shape index (κ1) is 8.25. The van der Waals surface area contributed by atoms with E-state index in [1.807, 2.05) is 6.07 Å². The maximum atomic E-state index is 5.18. The Hall–Kier alpha value is -1.36. The molecule has 1 aliphatic carbocycles. The Bertz CT molecular complexity index is 284. The molecule has 4 N–H and O–H groups in total. The zero-order valence-electron chi connectivity index (χ0n) is 7.33. The van der Waals surface area contributed by atoms with E-state index >= 15 is 0 Å². The van der Waals surface area contributed by atoms with E-state index in [-0.39, 0.29) is 0 Å². The molecule has 1 heterocycles. The molecule has 1 fully saturated rings. The minimum Gasteiger partial charge on any atom is -0.370 e. The number of aromatic nitrogens is 2. The van der Waals surface area contributed by atoms with Crippen LogP contribution in [0.25, 0.3) is 0 Å². The molecule has 70 valence electrons. The number of nitrogens with zero attached hydrogens (tertiary/aromatic N) is 2. The quantitative estimate of drug-likeness (QED) is 0.465. The van der Waals surface area contributed by atoms with Crippen molar-refractivity contribution in [2.24, 2.45) is 11.8 Å². The lowest BCUT2D eigenvalue weighted by molar-refractivity contribution is 0.881. The number of nitrogen functional groups attached to an aromatic ring is 1. The van der Waals surface area contributed by atoms with Gasteiger partial charge in [0.25, 0.3) is 0 Å². The van der Waals surface area contributed by atoms with E-state index in [0.717, 1.165) is 18.3 Å². The van der Waals surface area contributed by atoms with Crippen LogP contribution in [0.15, 0.2) is 12.3 Å². The van der Waals surface area contributed by atoms with Gasteiger partial charge in [-0.2, -0.15) is 4.98 Å². The van der Waals surface area contributed by atoms with Crippen LogP contribution in [-0.2, 0) is 0 Å². The van der Waals surface area contributed by atoms with Gasteiger partial charge in [-0.3, -0.25) is 5.43 Å². The summed E-state index contributed by atoms with van der Waals surface area (Å²) in [4.78, 5) is 8.05. The number of hydrogen-bond donors (Lipinski definition) is 3. The van der Waals surface area contributed by atoms with Crippen LogP contribution in [0.3, 0.4) is 0 Å². The maximum Gasteiger partial charge on any atom is 0.239 e. The molecule has 1 aromatic rings. The van der Waals surface area contributed by atoms with Crippen LogP contribution < -0.4 is 16.6 Å². The number of nitrogens with one attached hydrogen (secondary N) is 2. The summed E-state index contributed by atoms with van der Waals surface area (Å²) in [6, 6.07) is 1.84. The fourth-order valence-corrected chi connectivity index (χ4v) is 1.10. The summed E-state index contributed by atoms with van der Waals surface area (Å²) < 4.78 is 0. The van der Waals surface area contributed by atoms with Crippen molar-refractivity contribution < 1.29 is 0 Å². The zero-order valence-corrected chi connectivity index (χ0v) is 7.33. The van der Waals surface area contributed by atoms with Crippen LogP contribution in [0, 0.1) is 5.92 Å². The molecule has 5 nitrogen and oxygen atoms in total. The summed E-state index contributed by atoms with van der Waals surface area (Å²) in [7, 11) is 0. The van der Waals surface area contributed by atoms with Gasteiger partial charge in [0.15, 0.2) is 0 Å². The van der Waals surface area contributed by atoms with Crippen molar-refractivity contribution in [2.75, 3.05) is 17.3 Å². The summed E-state index contributed by atoms with van der Waals surface area (Å²) in [5.41, 5.74) is 2.41. The monoisotopic (exact) mass is 179 g/mol. The van der Waals surface area contributed by atoms with Crippen molar-refractivity contribution in [3.8, 4) is 0 Å². The zero-order chi connectivity index (χ0) is 9.10. The second-order valence-electron chi connectivity index (χ2n) is 3.23. The summed E-state index contributed by atoms with van der Waals surface area (Å²) in [5.74, 6) is 7.30. The van der Waals surface area contributed by atoms with Gasteiger partial charge >= 0.3 is 0 Å². The van der Waals surface area contributed by atoms with Gasteiger partial charge in [0.2, 0.25) is 5.95 Å². The minimum atomic E-state index is 0.445. The van der Waals surface area contributed by atoms with Gasteiger partial charge in [-0.15, -0.1) is 0 Å². The van der Waals surface area contributed by atoms with Crippen LogP contribution in [-0.4, -0.2) is 16.5 Å². The molecule has 0 saturated heterocycles. The average molecular weight is 179 g/mol. The van der Waals surface area contributed by atoms with Crippen molar-refractivity contribution in [2.45, 2.75) is 12.8 Å². The smallest absolute Gasteiger partial charge is 0.239 e. The Kier molecular flexibility index (Phi) is 2.27. The van der Waals surface area contributed by atoms with Gasteiger partial charge in [0.05, 0.1) is 0 Å².